The standard InChI is InChI=1S/C13H19/c1-5-6-9-12-11(2)8-7-10-13(12,3)4/h6-8H,9-10H2,1-4H3. The number of hydrogen-bond acceptors (Lipinski definition) is 0. The molecule has 0 atom stereocenters. The van der Waals surface area contributed by atoms with Gasteiger partial charge >= 0.3 is 0 Å². The SMILES string of the molecule is C/[C]=C/CC1=C(C)C=CCC1(C)C. The van der Waals surface area contributed by atoms with Crippen molar-refractivity contribution < 1.29 is 0 Å². The van der Waals surface area contributed by atoms with Crippen LogP contribution < -0.4 is 0 Å². The van der Waals surface area contributed by atoms with Gasteiger partial charge in [-0.2, -0.15) is 0 Å². The molecule has 0 saturated heterocycles. The van der Waals surface area contributed by atoms with E-state index in [0.29, 0.717) is 5.41 Å². The molecular weight excluding hydrogens is 156 g/mol. The Labute approximate surface area is 82.0 Å². The van der Waals surface area contributed by atoms with E-state index in [9.17, 15) is 0 Å². The smallest absolute Gasteiger partial charge is 0.0101 e. The Hall–Kier alpha value is -0.780. The minimum atomic E-state index is 0.339. The molecule has 0 saturated carbocycles. The molecule has 0 aromatic rings. The molecular formula is C13H19. The van der Waals surface area contributed by atoms with Crippen molar-refractivity contribution in [1.82, 2.24) is 0 Å². The van der Waals surface area contributed by atoms with Crippen LogP contribution in [-0.2, 0) is 0 Å². The fraction of sp³-hybridized carbons (Fsp3) is 0.538. The average Bonchev–Trinajstić information content (AvgIpc) is 2.02. The van der Waals surface area contributed by atoms with E-state index in [-0.39, 0.29) is 0 Å². The van der Waals surface area contributed by atoms with Crippen molar-refractivity contribution in [1.29, 1.82) is 0 Å². The topological polar surface area (TPSA) is 0 Å². The predicted molar refractivity (Wildman–Crippen MR) is 58.3 cm³/mol. The zero-order chi connectivity index (χ0) is 9.90. The lowest BCUT2D eigenvalue weighted by Crippen LogP contribution is -2.17. The first-order valence-electron chi connectivity index (χ1n) is 4.93. The molecule has 0 heteroatoms. The van der Waals surface area contributed by atoms with Crippen LogP contribution in [0.15, 0.2) is 29.4 Å². The highest BCUT2D eigenvalue weighted by atomic mass is 14.3. The van der Waals surface area contributed by atoms with Crippen molar-refractivity contribution in [3.8, 4) is 0 Å². The average molecular weight is 175 g/mol. The summed E-state index contributed by atoms with van der Waals surface area (Å²) in [6.07, 6.45) is 12.0. The summed E-state index contributed by atoms with van der Waals surface area (Å²) in [5.74, 6) is 0. The number of allylic oxidation sites excluding steroid dienone is 6. The molecule has 0 unspecified atom stereocenters. The Kier molecular flexibility index (Phi) is 3.13. The van der Waals surface area contributed by atoms with Gasteiger partial charge < -0.3 is 0 Å². The lowest BCUT2D eigenvalue weighted by atomic mass is 9.74. The molecule has 0 fully saturated rings. The largest absolute Gasteiger partial charge is 0.0834 e. The molecule has 0 N–H and O–H groups in total. The third kappa shape index (κ3) is 2.33. The number of hydrogen-bond donors (Lipinski definition) is 0. The molecule has 1 rings (SSSR count). The van der Waals surface area contributed by atoms with Gasteiger partial charge in [0.25, 0.3) is 0 Å². The van der Waals surface area contributed by atoms with E-state index in [4.69, 9.17) is 0 Å². The van der Waals surface area contributed by atoms with Crippen LogP contribution in [0.5, 0.6) is 0 Å². The zero-order valence-electron chi connectivity index (χ0n) is 9.15. The maximum Gasteiger partial charge on any atom is -0.0101 e. The summed E-state index contributed by atoms with van der Waals surface area (Å²) in [6, 6.07) is 0. The van der Waals surface area contributed by atoms with Crippen LogP contribution >= 0.6 is 0 Å². The maximum atomic E-state index is 3.09. The normalized spacial score (nSPS) is 21.5. The maximum absolute atomic E-state index is 3.09. The summed E-state index contributed by atoms with van der Waals surface area (Å²) < 4.78 is 0. The minimum absolute atomic E-state index is 0.339. The van der Waals surface area contributed by atoms with Crippen LogP contribution in [0.3, 0.4) is 0 Å². The van der Waals surface area contributed by atoms with Crippen molar-refractivity contribution >= 4 is 0 Å². The summed E-state index contributed by atoms with van der Waals surface area (Å²) in [6.45, 7) is 8.80. The van der Waals surface area contributed by atoms with Crippen molar-refractivity contribution in [2.75, 3.05) is 0 Å². The zero-order valence-corrected chi connectivity index (χ0v) is 9.15. The van der Waals surface area contributed by atoms with Gasteiger partial charge in [-0.1, -0.05) is 49.3 Å². The molecule has 0 spiro atoms. The van der Waals surface area contributed by atoms with Crippen LogP contribution in [-0.4, -0.2) is 0 Å². The fourth-order valence-electron chi connectivity index (χ4n) is 1.93. The molecule has 0 nitrogen and oxygen atoms in total. The molecule has 0 heterocycles. The first-order chi connectivity index (χ1) is 6.08. The molecule has 0 aromatic carbocycles. The highest BCUT2D eigenvalue weighted by Crippen LogP contribution is 2.38. The summed E-state index contributed by atoms with van der Waals surface area (Å²) in [5.41, 5.74) is 3.33. The van der Waals surface area contributed by atoms with E-state index in [1.807, 2.05) is 6.92 Å². The van der Waals surface area contributed by atoms with E-state index >= 15 is 0 Å². The predicted octanol–water partition coefficient (Wildman–Crippen LogP) is 4.06. The Morgan fingerprint density at radius 3 is 2.77 bits per heavy atom. The van der Waals surface area contributed by atoms with Gasteiger partial charge in [0.1, 0.15) is 0 Å². The van der Waals surface area contributed by atoms with Crippen molar-refractivity contribution in [3.05, 3.63) is 35.5 Å². The monoisotopic (exact) mass is 175 g/mol. The molecule has 13 heavy (non-hydrogen) atoms. The van der Waals surface area contributed by atoms with Crippen LogP contribution in [0.4, 0.5) is 0 Å². The quantitative estimate of drug-likeness (QED) is 0.593. The van der Waals surface area contributed by atoms with Gasteiger partial charge in [0.2, 0.25) is 0 Å². The number of rotatable bonds is 2. The molecule has 0 bridgehead atoms. The fourth-order valence-corrected chi connectivity index (χ4v) is 1.93. The summed E-state index contributed by atoms with van der Waals surface area (Å²) >= 11 is 0. The summed E-state index contributed by atoms with van der Waals surface area (Å²) in [5, 5.41) is 0. The van der Waals surface area contributed by atoms with E-state index in [1.54, 1.807) is 5.57 Å². The third-order valence-electron chi connectivity index (χ3n) is 2.80. The van der Waals surface area contributed by atoms with Gasteiger partial charge in [0.15, 0.2) is 0 Å². The van der Waals surface area contributed by atoms with Gasteiger partial charge in [-0.3, -0.25) is 0 Å². The van der Waals surface area contributed by atoms with Crippen LogP contribution in [0, 0.1) is 11.5 Å². The molecule has 1 aliphatic carbocycles. The molecule has 0 amide bonds. The highest BCUT2D eigenvalue weighted by Gasteiger charge is 2.24. The second kappa shape index (κ2) is 3.95. The first-order valence-corrected chi connectivity index (χ1v) is 4.93. The van der Waals surface area contributed by atoms with Gasteiger partial charge in [0.05, 0.1) is 0 Å². The lowest BCUT2D eigenvalue weighted by molar-refractivity contribution is 0.435. The Balaban J connectivity index is 2.91. The van der Waals surface area contributed by atoms with Crippen molar-refractivity contribution in [3.63, 3.8) is 0 Å². The lowest BCUT2D eigenvalue weighted by Gasteiger charge is -2.31. The van der Waals surface area contributed by atoms with Crippen molar-refractivity contribution in [2.24, 2.45) is 5.41 Å². The Bertz CT molecular complexity index is 262. The first kappa shape index (κ1) is 10.3. The van der Waals surface area contributed by atoms with Crippen LogP contribution in [0.2, 0.25) is 0 Å². The molecule has 0 aliphatic heterocycles. The second-order valence-electron chi connectivity index (χ2n) is 4.35. The molecule has 1 aliphatic rings. The molecule has 0 aromatic heterocycles. The van der Waals surface area contributed by atoms with Crippen molar-refractivity contribution in [2.45, 2.75) is 40.5 Å². The van der Waals surface area contributed by atoms with Gasteiger partial charge in [-0.05, 0) is 32.1 Å². The molecule has 1 radical (unpaired) electrons. The molecule has 71 valence electrons. The summed E-state index contributed by atoms with van der Waals surface area (Å²) in [4.78, 5) is 0. The van der Waals surface area contributed by atoms with E-state index < -0.39 is 0 Å². The summed E-state index contributed by atoms with van der Waals surface area (Å²) in [7, 11) is 0. The second-order valence-corrected chi connectivity index (χ2v) is 4.35. The van der Waals surface area contributed by atoms with Gasteiger partial charge in [-0.15, -0.1) is 0 Å². The Morgan fingerprint density at radius 1 is 1.54 bits per heavy atom. The van der Waals surface area contributed by atoms with Gasteiger partial charge in [-0.25, -0.2) is 0 Å². The van der Waals surface area contributed by atoms with Crippen LogP contribution in [0.25, 0.3) is 0 Å². The van der Waals surface area contributed by atoms with Crippen LogP contribution in [0.1, 0.15) is 40.5 Å². The minimum Gasteiger partial charge on any atom is -0.0834 e. The highest BCUT2D eigenvalue weighted by molar-refractivity contribution is 5.33. The van der Waals surface area contributed by atoms with Gasteiger partial charge in [0, 0.05) is 0 Å². The van der Waals surface area contributed by atoms with E-state index in [0.717, 1.165) is 12.8 Å². The Morgan fingerprint density at radius 2 is 2.23 bits per heavy atom. The third-order valence-corrected chi connectivity index (χ3v) is 2.80. The van der Waals surface area contributed by atoms with E-state index in [1.165, 1.54) is 5.57 Å². The van der Waals surface area contributed by atoms with E-state index in [2.05, 4.69) is 45.1 Å².